The van der Waals surface area contributed by atoms with Crippen LogP contribution < -0.4 is 10.1 Å². The van der Waals surface area contributed by atoms with E-state index < -0.39 is 0 Å². The number of urea groups is 1. The summed E-state index contributed by atoms with van der Waals surface area (Å²) >= 11 is 6.05. The van der Waals surface area contributed by atoms with Crippen LogP contribution in [0.5, 0.6) is 5.75 Å². The maximum absolute atomic E-state index is 12.0. The normalized spacial score (nSPS) is 15.9. The Hall–Kier alpha value is -1.42. The average Bonchev–Trinajstić information content (AvgIpc) is 2.47. The van der Waals surface area contributed by atoms with Crippen LogP contribution in [0.1, 0.15) is 25.3 Å². The quantitative estimate of drug-likeness (QED) is 0.865. The fraction of sp³-hybridized carbons (Fsp3) is 0.562. The van der Waals surface area contributed by atoms with Crippen molar-refractivity contribution < 1.29 is 9.53 Å². The van der Waals surface area contributed by atoms with E-state index in [0.717, 1.165) is 37.4 Å². The van der Waals surface area contributed by atoms with Crippen LogP contribution >= 0.6 is 11.6 Å². The first kappa shape index (κ1) is 16.0. The van der Waals surface area contributed by atoms with Crippen molar-refractivity contribution in [2.75, 3.05) is 26.2 Å². The third-order valence-corrected chi connectivity index (χ3v) is 4.11. The molecule has 1 aliphatic heterocycles. The van der Waals surface area contributed by atoms with Gasteiger partial charge in [0.15, 0.2) is 0 Å². The Morgan fingerprint density at radius 1 is 1.43 bits per heavy atom. The highest BCUT2D eigenvalue weighted by molar-refractivity contribution is 6.32. The summed E-state index contributed by atoms with van der Waals surface area (Å²) in [7, 11) is 0. The van der Waals surface area contributed by atoms with E-state index in [1.165, 1.54) is 0 Å². The maximum atomic E-state index is 12.0. The third kappa shape index (κ3) is 4.81. The summed E-state index contributed by atoms with van der Waals surface area (Å²) < 4.78 is 5.61. The standard InChI is InChI=1S/C16H23ClN2O2/c1-12-5-8-19(9-6-12)16(20)18-7-10-21-15-11-13(2)3-4-14(15)17/h3-4,11-12H,5-10H2,1-2H3,(H,18,20). The molecule has 21 heavy (non-hydrogen) atoms. The molecule has 1 heterocycles. The number of piperidine rings is 1. The first-order valence-electron chi connectivity index (χ1n) is 7.48. The molecular weight excluding hydrogens is 288 g/mol. The first-order valence-corrected chi connectivity index (χ1v) is 7.86. The molecule has 0 aliphatic carbocycles. The monoisotopic (exact) mass is 310 g/mol. The molecular formula is C16H23ClN2O2. The number of nitrogens with one attached hydrogen (secondary N) is 1. The van der Waals surface area contributed by atoms with Gasteiger partial charge in [-0.3, -0.25) is 0 Å². The fourth-order valence-corrected chi connectivity index (χ4v) is 2.54. The molecule has 0 unspecified atom stereocenters. The molecule has 0 aromatic heterocycles. The lowest BCUT2D eigenvalue weighted by Crippen LogP contribution is -2.45. The van der Waals surface area contributed by atoms with E-state index in [1.807, 2.05) is 30.0 Å². The van der Waals surface area contributed by atoms with Crippen molar-refractivity contribution in [3.8, 4) is 5.75 Å². The fourth-order valence-electron chi connectivity index (χ4n) is 2.36. The van der Waals surface area contributed by atoms with E-state index in [1.54, 1.807) is 0 Å². The zero-order chi connectivity index (χ0) is 15.2. The van der Waals surface area contributed by atoms with E-state index in [-0.39, 0.29) is 6.03 Å². The van der Waals surface area contributed by atoms with Crippen molar-refractivity contribution in [1.29, 1.82) is 0 Å². The van der Waals surface area contributed by atoms with Gasteiger partial charge in [-0.2, -0.15) is 0 Å². The van der Waals surface area contributed by atoms with Gasteiger partial charge in [-0.1, -0.05) is 24.6 Å². The van der Waals surface area contributed by atoms with Crippen LogP contribution in [0.15, 0.2) is 18.2 Å². The minimum Gasteiger partial charge on any atom is -0.490 e. The van der Waals surface area contributed by atoms with Crippen LogP contribution in [-0.2, 0) is 0 Å². The van der Waals surface area contributed by atoms with E-state index in [4.69, 9.17) is 16.3 Å². The van der Waals surface area contributed by atoms with E-state index in [2.05, 4.69) is 12.2 Å². The molecule has 0 spiro atoms. The highest BCUT2D eigenvalue weighted by Crippen LogP contribution is 2.24. The molecule has 2 rings (SSSR count). The average molecular weight is 311 g/mol. The SMILES string of the molecule is Cc1ccc(Cl)c(OCCNC(=O)N2CCC(C)CC2)c1. The lowest BCUT2D eigenvalue weighted by atomic mass is 10.00. The second-order valence-corrected chi connectivity index (χ2v) is 6.09. The number of amides is 2. The van der Waals surface area contributed by atoms with Gasteiger partial charge in [-0.05, 0) is 43.4 Å². The zero-order valence-corrected chi connectivity index (χ0v) is 13.4. The molecule has 4 nitrogen and oxygen atoms in total. The number of benzene rings is 1. The van der Waals surface area contributed by atoms with Gasteiger partial charge in [0, 0.05) is 13.1 Å². The van der Waals surface area contributed by atoms with Crippen molar-refractivity contribution in [3.63, 3.8) is 0 Å². The Labute approximate surface area is 131 Å². The Balaban J connectivity index is 1.69. The van der Waals surface area contributed by atoms with Crippen molar-refractivity contribution in [2.45, 2.75) is 26.7 Å². The van der Waals surface area contributed by atoms with Crippen LogP contribution in [0.2, 0.25) is 5.02 Å². The van der Waals surface area contributed by atoms with Gasteiger partial charge in [0.2, 0.25) is 0 Å². The molecule has 0 bridgehead atoms. The highest BCUT2D eigenvalue weighted by Gasteiger charge is 2.19. The molecule has 116 valence electrons. The summed E-state index contributed by atoms with van der Waals surface area (Å²) in [4.78, 5) is 13.8. The Kier molecular flexibility index (Phi) is 5.74. The number of aryl methyl sites for hydroxylation is 1. The molecule has 1 saturated heterocycles. The second kappa shape index (κ2) is 7.55. The number of carbonyl (C=O) groups excluding carboxylic acids is 1. The molecule has 1 N–H and O–H groups in total. The summed E-state index contributed by atoms with van der Waals surface area (Å²) in [5, 5.41) is 3.48. The molecule has 1 aromatic carbocycles. The van der Waals surface area contributed by atoms with Gasteiger partial charge < -0.3 is 15.0 Å². The predicted octanol–water partition coefficient (Wildman–Crippen LogP) is 3.47. The van der Waals surface area contributed by atoms with Gasteiger partial charge >= 0.3 is 6.03 Å². The summed E-state index contributed by atoms with van der Waals surface area (Å²) in [6.45, 7) is 6.81. The van der Waals surface area contributed by atoms with Crippen LogP contribution in [0.3, 0.4) is 0 Å². The van der Waals surface area contributed by atoms with E-state index >= 15 is 0 Å². The number of ether oxygens (including phenoxy) is 1. The van der Waals surface area contributed by atoms with E-state index in [9.17, 15) is 4.79 Å². The lowest BCUT2D eigenvalue weighted by molar-refractivity contribution is 0.172. The Morgan fingerprint density at radius 2 is 2.14 bits per heavy atom. The Morgan fingerprint density at radius 3 is 2.86 bits per heavy atom. The number of halogens is 1. The van der Waals surface area contributed by atoms with Gasteiger partial charge in [0.1, 0.15) is 12.4 Å². The summed E-state index contributed by atoms with van der Waals surface area (Å²) in [6, 6.07) is 5.66. The number of hydrogen-bond acceptors (Lipinski definition) is 2. The molecule has 0 atom stereocenters. The molecule has 2 amide bonds. The molecule has 1 aromatic rings. The smallest absolute Gasteiger partial charge is 0.317 e. The minimum atomic E-state index is 0.000777. The summed E-state index contributed by atoms with van der Waals surface area (Å²) in [5.41, 5.74) is 1.10. The number of nitrogens with zero attached hydrogens (tertiary/aromatic N) is 1. The molecule has 0 radical (unpaired) electrons. The first-order chi connectivity index (χ1) is 10.1. The van der Waals surface area contributed by atoms with Crippen LogP contribution in [0.4, 0.5) is 4.79 Å². The maximum Gasteiger partial charge on any atom is 0.317 e. The van der Waals surface area contributed by atoms with Gasteiger partial charge in [-0.25, -0.2) is 4.79 Å². The van der Waals surface area contributed by atoms with Gasteiger partial charge in [0.25, 0.3) is 0 Å². The predicted molar refractivity (Wildman–Crippen MR) is 85.1 cm³/mol. The largest absolute Gasteiger partial charge is 0.490 e. The topological polar surface area (TPSA) is 41.6 Å². The second-order valence-electron chi connectivity index (χ2n) is 5.68. The minimum absolute atomic E-state index is 0.000777. The molecule has 5 heteroatoms. The number of rotatable bonds is 4. The molecule has 1 aliphatic rings. The van der Waals surface area contributed by atoms with E-state index in [0.29, 0.717) is 23.9 Å². The van der Waals surface area contributed by atoms with Crippen LogP contribution in [0.25, 0.3) is 0 Å². The van der Waals surface area contributed by atoms with Crippen molar-refractivity contribution in [1.82, 2.24) is 10.2 Å². The van der Waals surface area contributed by atoms with Gasteiger partial charge in [0.05, 0.1) is 11.6 Å². The summed E-state index contributed by atoms with van der Waals surface area (Å²) in [6.07, 6.45) is 2.17. The van der Waals surface area contributed by atoms with Crippen LogP contribution in [-0.4, -0.2) is 37.2 Å². The number of carbonyl (C=O) groups is 1. The van der Waals surface area contributed by atoms with Crippen molar-refractivity contribution in [3.05, 3.63) is 28.8 Å². The van der Waals surface area contributed by atoms with Gasteiger partial charge in [-0.15, -0.1) is 0 Å². The van der Waals surface area contributed by atoms with Crippen LogP contribution in [0, 0.1) is 12.8 Å². The highest BCUT2D eigenvalue weighted by atomic mass is 35.5. The number of hydrogen-bond donors (Lipinski definition) is 1. The van der Waals surface area contributed by atoms with Crippen molar-refractivity contribution in [2.24, 2.45) is 5.92 Å². The molecule has 0 saturated carbocycles. The molecule has 1 fully saturated rings. The van der Waals surface area contributed by atoms with Crippen molar-refractivity contribution >= 4 is 17.6 Å². The summed E-state index contributed by atoms with van der Waals surface area (Å²) in [5.74, 6) is 1.39. The third-order valence-electron chi connectivity index (χ3n) is 3.79. The lowest BCUT2D eigenvalue weighted by Gasteiger charge is -2.30. The Bertz CT molecular complexity index is 485. The number of likely N-dealkylation sites (tertiary alicyclic amines) is 1. The zero-order valence-electron chi connectivity index (χ0n) is 12.7.